The van der Waals surface area contributed by atoms with Gasteiger partial charge in [0.2, 0.25) is 5.91 Å². The number of nitrogens with two attached hydrogens (primary N) is 1. The molecule has 0 aliphatic heterocycles. The van der Waals surface area contributed by atoms with Crippen LogP contribution in [-0.4, -0.2) is 18.4 Å². The Labute approximate surface area is 99.4 Å². The predicted molar refractivity (Wildman–Crippen MR) is 63.7 cm³/mol. The number of hydrazine groups is 1. The number of carbonyl (C=O) groups excluding carboxylic acids is 2. The maximum absolute atomic E-state index is 11.1. The number of amides is 2. The monoisotopic (exact) mass is 231 g/mol. The Kier molecular flexibility index (Phi) is 4.73. The number of carbonyl (C=O) groups is 2. The van der Waals surface area contributed by atoms with Gasteiger partial charge in [-0.1, -0.05) is 11.8 Å². The Bertz CT molecular complexity index is 469. The molecule has 0 bridgehead atoms. The highest BCUT2D eigenvalue weighted by Gasteiger charge is 2.01. The molecule has 88 valence electrons. The number of nitrogen functional groups attached to an aromatic ring is 1. The summed E-state index contributed by atoms with van der Waals surface area (Å²) in [6.07, 6.45) is 0. The van der Waals surface area contributed by atoms with Crippen molar-refractivity contribution in [2.24, 2.45) is 5.84 Å². The summed E-state index contributed by atoms with van der Waals surface area (Å²) in [5, 5.41) is 2.56. The standard InChI is InChI=1S/C12H13N3O2/c1-9(16)14-8-2-3-10-4-6-11(7-5-10)12(17)15-13/h4-7H,8,13H2,1H3,(H,14,16)(H,15,17). The molecule has 0 heterocycles. The summed E-state index contributed by atoms with van der Waals surface area (Å²) >= 11 is 0. The molecule has 5 nitrogen and oxygen atoms in total. The normalized spacial score (nSPS) is 8.82. The van der Waals surface area contributed by atoms with Gasteiger partial charge in [-0.2, -0.15) is 0 Å². The second kappa shape index (κ2) is 6.30. The van der Waals surface area contributed by atoms with Gasteiger partial charge in [-0.25, -0.2) is 5.84 Å². The van der Waals surface area contributed by atoms with Crippen LogP contribution in [0.3, 0.4) is 0 Å². The molecule has 1 aromatic carbocycles. The van der Waals surface area contributed by atoms with Crippen LogP contribution in [-0.2, 0) is 4.79 Å². The Hall–Kier alpha value is -2.32. The van der Waals surface area contributed by atoms with Crippen molar-refractivity contribution in [2.75, 3.05) is 6.54 Å². The lowest BCUT2D eigenvalue weighted by Gasteiger charge is -1.98. The molecule has 0 unspecified atom stereocenters. The van der Waals surface area contributed by atoms with Crippen LogP contribution in [0.25, 0.3) is 0 Å². The second-order valence-electron chi connectivity index (χ2n) is 3.26. The van der Waals surface area contributed by atoms with Gasteiger partial charge in [0.05, 0.1) is 6.54 Å². The van der Waals surface area contributed by atoms with Crippen LogP contribution < -0.4 is 16.6 Å². The van der Waals surface area contributed by atoms with Gasteiger partial charge in [0.25, 0.3) is 5.91 Å². The molecular weight excluding hydrogens is 218 g/mol. The summed E-state index contributed by atoms with van der Waals surface area (Å²) in [7, 11) is 0. The van der Waals surface area contributed by atoms with Crippen molar-refractivity contribution in [2.45, 2.75) is 6.92 Å². The first kappa shape index (κ1) is 12.7. The van der Waals surface area contributed by atoms with Crippen molar-refractivity contribution in [3.8, 4) is 11.8 Å². The molecule has 4 N–H and O–H groups in total. The van der Waals surface area contributed by atoms with E-state index in [0.717, 1.165) is 5.56 Å². The highest BCUT2D eigenvalue weighted by Crippen LogP contribution is 2.02. The number of hydrogen-bond acceptors (Lipinski definition) is 3. The van der Waals surface area contributed by atoms with Gasteiger partial charge in [0.1, 0.15) is 0 Å². The van der Waals surface area contributed by atoms with Crippen molar-refractivity contribution < 1.29 is 9.59 Å². The molecule has 1 rings (SSSR count). The Balaban J connectivity index is 2.62. The number of rotatable bonds is 2. The van der Waals surface area contributed by atoms with Crippen molar-refractivity contribution in [1.82, 2.24) is 10.7 Å². The highest BCUT2D eigenvalue weighted by molar-refractivity contribution is 5.93. The topological polar surface area (TPSA) is 84.2 Å². The maximum atomic E-state index is 11.1. The molecule has 1 aromatic rings. The number of benzene rings is 1. The van der Waals surface area contributed by atoms with Gasteiger partial charge < -0.3 is 5.32 Å². The zero-order valence-corrected chi connectivity index (χ0v) is 9.41. The molecule has 0 atom stereocenters. The van der Waals surface area contributed by atoms with Crippen LogP contribution in [0.1, 0.15) is 22.8 Å². The minimum atomic E-state index is -0.345. The van der Waals surface area contributed by atoms with E-state index in [2.05, 4.69) is 17.2 Å². The van der Waals surface area contributed by atoms with Gasteiger partial charge in [-0.3, -0.25) is 15.0 Å². The first-order chi connectivity index (χ1) is 8.13. The summed E-state index contributed by atoms with van der Waals surface area (Å²) in [5.74, 6) is 10.2. The summed E-state index contributed by atoms with van der Waals surface area (Å²) in [4.78, 5) is 21.7. The van der Waals surface area contributed by atoms with Crippen LogP contribution in [0.4, 0.5) is 0 Å². The van der Waals surface area contributed by atoms with Crippen molar-refractivity contribution in [3.63, 3.8) is 0 Å². The molecule has 2 amide bonds. The molecule has 0 aliphatic carbocycles. The maximum Gasteiger partial charge on any atom is 0.265 e. The largest absolute Gasteiger partial charge is 0.345 e. The van der Waals surface area contributed by atoms with Gasteiger partial charge >= 0.3 is 0 Å². The Morgan fingerprint density at radius 1 is 1.29 bits per heavy atom. The summed E-state index contributed by atoms with van der Waals surface area (Å²) < 4.78 is 0. The predicted octanol–water partition coefficient (Wildman–Crippen LogP) is -0.222. The third-order valence-electron chi connectivity index (χ3n) is 1.94. The third-order valence-corrected chi connectivity index (χ3v) is 1.94. The van der Waals surface area contributed by atoms with E-state index in [-0.39, 0.29) is 11.8 Å². The van der Waals surface area contributed by atoms with Gasteiger partial charge in [-0.05, 0) is 24.3 Å². The van der Waals surface area contributed by atoms with Crippen LogP contribution in [0.15, 0.2) is 24.3 Å². The van der Waals surface area contributed by atoms with Crippen LogP contribution in [0.5, 0.6) is 0 Å². The van der Waals surface area contributed by atoms with E-state index in [9.17, 15) is 9.59 Å². The fourth-order valence-corrected chi connectivity index (χ4v) is 1.10. The second-order valence-corrected chi connectivity index (χ2v) is 3.26. The van der Waals surface area contributed by atoms with E-state index in [1.807, 2.05) is 5.43 Å². The minimum absolute atomic E-state index is 0.116. The fraction of sp³-hybridized carbons (Fsp3) is 0.167. The zero-order valence-electron chi connectivity index (χ0n) is 9.41. The SMILES string of the molecule is CC(=O)NCC#Cc1ccc(C(=O)NN)cc1. The van der Waals surface area contributed by atoms with Gasteiger partial charge in [0.15, 0.2) is 0 Å². The van der Waals surface area contributed by atoms with E-state index in [1.165, 1.54) is 6.92 Å². The highest BCUT2D eigenvalue weighted by atomic mass is 16.2. The molecule has 17 heavy (non-hydrogen) atoms. The molecule has 0 spiro atoms. The average Bonchev–Trinajstić information content (AvgIpc) is 2.34. The van der Waals surface area contributed by atoms with Crippen molar-refractivity contribution in [3.05, 3.63) is 35.4 Å². The molecular formula is C12H13N3O2. The summed E-state index contributed by atoms with van der Waals surface area (Å²) in [6, 6.07) is 6.69. The molecule has 0 aliphatic rings. The zero-order chi connectivity index (χ0) is 12.7. The van der Waals surface area contributed by atoms with E-state index in [4.69, 9.17) is 5.84 Å². The molecule has 5 heteroatoms. The number of hydrogen-bond donors (Lipinski definition) is 3. The molecule has 0 saturated heterocycles. The lowest BCUT2D eigenvalue weighted by Crippen LogP contribution is -2.29. The Morgan fingerprint density at radius 2 is 1.94 bits per heavy atom. The number of nitrogens with one attached hydrogen (secondary N) is 2. The smallest absolute Gasteiger partial charge is 0.265 e. The quantitative estimate of drug-likeness (QED) is 0.285. The molecule has 0 aromatic heterocycles. The van der Waals surface area contributed by atoms with Gasteiger partial charge in [-0.15, -0.1) is 0 Å². The molecule has 0 radical (unpaired) electrons. The first-order valence-electron chi connectivity index (χ1n) is 4.98. The van der Waals surface area contributed by atoms with Crippen molar-refractivity contribution in [1.29, 1.82) is 0 Å². The van der Waals surface area contributed by atoms with E-state index >= 15 is 0 Å². The Morgan fingerprint density at radius 3 is 2.47 bits per heavy atom. The van der Waals surface area contributed by atoms with Crippen LogP contribution >= 0.6 is 0 Å². The lowest BCUT2D eigenvalue weighted by molar-refractivity contribution is -0.118. The van der Waals surface area contributed by atoms with E-state index in [1.54, 1.807) is 24.3 Å². The summed E-state index contributed by atoms with van der Waals surface area (Å²) in [6.45, 7) is 1.74. The van der Waals surface area contributed by atoms with Crippen LogP contribution in [0.2, 0.25) is 0 Å². The van der Waals surface area contributed by atoms with E-state index in [0.29, 0.717) is 12.1 Å². The third kappa shape index (κ3) is 4.36. The molecule has 0 fully saturated rings. The average molecular weight is 231 g/mol. The molecule has 0 saturated carbocycles. The lowest BCUT2D eigenvalue weighted by atomic mass is 10.1. The van der Waals surface area contributed by atoms with Crippen molar-refractivity contribution >= 4 is 11.8 Å². The van der Waals surface area contributed by atoms with E-state index < -0.39 is 0 Å². The minimum Gasteiger partial charge on any atom is -0.345 e. The van der Waals surface area contributed by atoms with Gasteiger partial charge in [0, 0.05) is 18.1 Å². The first-order valence-corrected chi connectivity index (χ1v) is 4.98. The van der Waals surface area contributed by atoms with Crippen LogP contribution in [0, 0.1) is 11.8 Å². The summed E-state index contributed by atoms with van der Waals surface area (Å²) in [5.41, 5.74) is 3.28. The fourth-order valence-electron chi connectivity index (χ4n) is 1.10.